The molecule has 0 bridgehead atoms. The molecule has 0 radical (unpaired) electrons. The summed E-state index contributed by atoms with van der Waals surface area (Å²) in [6.07, 6.45) is 7.11. The molecular formula is C30H31N5O3. The fourth-order valence-corrected chi connectivity index (χ4v) is 6.23. The maximum absolute atomic E-state index is 12.5. The maximum atomic E-state index is 12.5. The van der Waals surface area contributed by atoms with Crippen molar-refractivity contribution in [1.82, 2.24) is 19.3 Å². The SMILES string of the molecule is Nc1nccc2c(C3CCC4(CC3)CN(C(=O)C3(O)CC3)C4)nc(-c3ccc(Oc4ccccc4)cc3)n12. The predicted molar refractivity (Wildman–Crippen MR) is 144 cm³/mol. The molecule has 2 saturated carbocycles. The van der Waals surface area contributed by atoms with Crippen molar-refractivity contribution in [3.63, 3.8) is 0 Å². The number of fused-ring (bicyclic) bond motifs is 1. The second-order valence-corrected chi connectivity index (χ2v) is 11.3. The molecule has 8 heteroatoms. The molecule has 7 rings (SSSR count). The van der Waals surface area contributed by atoms with Crippen molar-refractivity contribution in [1.29, 1.82) is 0 Å². The fourth-order valence-electron chi connectivity index (χ4n) is 6.23. The number of benzene rings is 2. The molecule has 3 N–H and O–H groups in total. The molecule has 2 aromatic heterocycles. The van der Waals surface area contributed by atoms with Crippen LogP contribution in [0.5, 0.6) is 11.5 Å². The van der Waals surface area contributed by atoms with E-state index in [0.29, 0.717) is 24.7 Å². The van der Waals surface area contributed by atoms with Crippen LogP contribution in [0.25, 0.3) is 16.9 Å². The first-order chi connectivity index (χ1) is 18.4. The van der Waals surface area contributed by atoms with Gasteiger partial charge in [0.05, 0.1) is 11.2 Å². The molecule has 2 aromatic carbocycles. The summed E-state index contributed by atoms with van der Waals surface area (Å²) >= 11 is 0. The monoisotopic (exact) mass is 509 g/mol. The molecule has 1 spiro atoms. The van der Waals surface area contributed by atoms with Crippen LogP contribution in [0, 0.1) is 5.41 Å². The third-order valence-corrected chi connectivity index (χ3v) is 8.60. The van der Waals surface area contributed by atoms with Gasteiger partial charge in [0.1, 0.15) is 22.9 Å². The van der Waals surface area contributed by atoms with Gasteiger partial charge in [0.2, 0.25) is 5.95 Å². The van der Waals surface area contributed by atoms with Gasteiger partial charge in [-0.05, 0) is 81.0 Å². The minimum Gasteiger partial charge on any atom is -0.457 e. The van der Waals surface area contributed by atoms with Crippen molar-refractivity contribution >= 4 is 17.4 Å². The molecule has 3 heterocycles. The zero-order chi connectivity index (χ0) is 25.9. The second kappa shape index (κ2) is 8.56. The molecule has 1 aliphatic heterocycles. The number of hydrogen-bond acceptors (Lipinski definition) is 6. The highest BCUT2D eigenvalue weighted by Crippen LogP contribution is 2.50. The van der Waals surface area contributed by atoms with Gasteiger partial charge < -0.3 is 20.5 Å². The lowest BCUT2D eigenvalue weighted by molar-refractivity contribution is -0.157. The average molecular weight is 510 g/mol. The topological polar surface area (TPSA) is 106 Å². The first kappa shape index (κ1) is 23.2. The van der Waals surface area contributed by atoms with E-state index in [1.807, 2.05) is 70.0 Å². The van der Waals surface area contributed by atoms with Crippen LogP contribution in [0.4, 0.5) is 5.95 Å². The van der Waals surface area contributed by atoms with Crippen LogP contribution in [0.15, 0.2) is 66.9 Å². The summed E-state index contributed by atoms with van der Waals surface area (Å²) in [6.45, 7) is 1.54. The molecule has 0 atom stereocenters. The number of aromatic nitrogens is 3. The summed E-state index contributed by atoms with van der Waals surface area (Å²) in [7, 11) is 0. The molecule has 8 nitrogen and oxygen atoms in total. The quantitative estimate of drug-likeness (QED) is 0.401. The highest BCUT2D eigenvalue weighted by molar-refractivity contribution is 5.88. The minimum absolute atomic E-state index is 0.0712. The standard InChI is InChI=1S/C30H31N5O3/c31-28-32-17-12-24-25(20-10-13-29(14-11-20)18-34(19-29)27(36)30(37)15-16-30)33-26(35(24)28)21-6-8-23(9-7-21)38-22-4-2-1-3-5-22/h1-9,12,17,20,37H,10-11,13-16,18-19H2,(H2,31,32). The molecule has 1 saturated heterocycles. The Morgan fingerprint density at radius 2 is 1.63 bits per heavy atom. The van der Waals surface area contributed by atoms with Crippen molar-refractivity contribution < 1.29 is 14.6 Å². The number of likely N-dealkylation sites (tertiary alicyclic amines) is 1. The van der Waals surface area contributed by atoms with Crippen LogP contribution in [-0.4, -0.2) is 49.0 Å². The third kappa shape index (κ3) is 3.91. The van der Waals surface area contributed by atoms with E-state index in [-0.39, 0.29) is 11.3 Å². The fraction of sp³-hybridized carbons (Fsp3) is 0.367. The van der Waals surface area contributed by atoms with Crippen molar-refractivity contribution in [2.75, 3.05) is 18.8 Å². The van der Waals surface area contributed by atoms with Crippen LogP contribution < -0.4 is 10.5 Å². The number of nitrogens with zero attached hydrogens (tertiary/aromatic N) is 4. The number of carbonyl (C=O) groups excluding carboxylic acids is 1. The van der Waals surface area contributed by atoms with E-state index < -0.39 is 5.60 Å². The Morgan fingerprint density at radius 3 is 2.32 bits per heavy atom. The number of rotatable bonds is 5. The van der Waals surface area contributed by atoms with Crippen molar-refractivity contribution in [3.05, 3.63) is 72.6 Å². The first-order valence-electron chi connectivity index (χ1n) is 13.4. The van der Waals surface area contributed by atoms with E-state index in [1.54, 1.807) is 6.20 Å². The minimum atomic E-state index is -1.07. The van der Waals surface area contributed by atoms with E-state index in [2.05, 4.69) is 4.98 Å². The predicted octanol–water partition coefficient (Wildman–Crippen LogP) is 4.78. The Kier molecular flexibility index (Phi) is 5.23. The molecule has 3 aliphatic rings. The zero-order valence-corrected chi connectivity index (χ0v) is 21.2. The summed E-state index contributed by atoms with van der Waals surface area (Å²) in [5, 5.41) is 10.2. The van der Waals surface area contributed by atoms with Gasteiger partial charge in [-0.3, -0.25) is 9.20 Å². The number of anilines is 1. The number of para-hydroxylation sites is 1. The zero-order valence-electron chi connectivity index (χ0n) is 21.2. The smallest absolute Gasteiger partial charge is 0.254 e. The Morgan fingerprint density at radius 1 is 0.947 bits per heavy atom. The van der Waals surface area contributed by atoms with E-state index in [4.69, 9.17) is 15.5 Å². The van der Waals surface area contributed by atoms with Gasteiger partial charge in [-0.25, -0.2) is 9.97 Å². The molecule has 0 unspecified atom stereocenters. The number of imidazole rings is 1. The molecule has 3 fully saturated rings. The van der Waals surface area contributed by atoms with E-state index >= 15 is 0 Å². The lowest BCUT2D eigenvalue weighted by Gasteiger charge is -2.54. The van der Waals surface area contributed by atoms with Gasteiger partial charge in [0.15, 0.2) is 0 Å². The number of nitrogens with two attached hydrogens (primary N) is 1. The maximum Gasteiger partial charge on any atom is 0.254 e. The van der Waals surface area contributed by atoms with Gasteiger partial charge >= 0.3 is 0 Å². The summed E-state index contributed by atoms with van der Waals surface area (Å²) in [5.74, 6) is 3.00. The molecule has 38 heavy (non-hydrogen) atoms. The largest absolute Gasteiger partial charge is 0.457 e. The lowest BCUT2D eigenvalue weighted by atomic mass is 9.65. The summed E-state index contributed by atoms with van der Waals surface area (Å²) in [4.78, 5) is 23.8. The van der Waals surface area contributed by atoms with E-state index in [1.165, 1.54) is 0 Å². The van der Waals surface area contributed by atoms with Crippen molar-refractivity contribution in [2.24, 2.45) is 5.41 Å². The second-order valence-electron chi connectivity index (χ2n) is 11.3. The number of aliphatic hydroxyl groups is 1. The van der Waals surface area contributed by atoms with Crippen LogP contribution in [0.2, 0.25) is 0 Å². The molecule has 4 aromatic rings. The molecule has 1 amide bonds. The number of hydrogen-bond donors (Lipinski definition) is 2. The van der Waals surface area contributed by atoms with E-state index in [9.17, 15) is 9.90 Å². The Hall–Kier alpha value is -3.91. The number of ether oxygens (including phenoxy) is 1. The van der Waals surface area contributed by atoms with Crippen LogP contribution in [0.3, 0.4) is 0 Å². The molecular weight excluding hydrogens is 478 g/mol. The number of carbonyl (C=O) groups is 1. The van der Waals surface area contributed by atoms with Crippen LogP contribution >= 0.6 is 0 Å². The summed E-state index contributed by atoms with van der Waals surface area (Å²) < 4.78 is 7.91. The van der Waals surface area contributed by atoms with Crippen molar-refractivity contribution in [3.8, 4) is 22.9 Å². The van der Waals surface area contributed by atoms with Crippen molar-refractivity contribution in [2.45, 2.75) is 50.0 Å². The highest BCUT2D eigenvalue weighted by atomic mass is 16.5. The third-order valence-electron chi connectivity index (χ3n) is 8.60. The summed E-state index contributed by atoms with van der Waals surface area (Å²) in [5.41, 5.74) is 8.49. The van der Waals surface area contributed by atoms with Gasteiger partial charge in [-0.1, -0.05) is 18.2 Å². The Bertz CT molecular complexity index is 1490. The van der Waals surface area contributed by atoms with Gasteiger partial charge in [0, 0.05) is 36.2 Å². The van der Waals surface area contributed by atoms with E-state index in [0.717, 1.165) is 72.9 Å². The summed E-state index contributed by atoms with van der Waals surface area (Å²) in [6, 6.07) is 19.6. The first-order valence-corrected chi connectivity index (χ1v) is 13.4. The van der Waals surface area contributed by atoms with Gasteiger partial charge in [0.25, 0.3) is 5.91 Å². The molecule has 2 aliphatic carbocycles. The average Bonchev–Trinajstić information content (AvgIpc) is 3.55. The van der Waals surface area contributed by atoms with Gasteiger partial charge in [-0.15, -0.1) is 0 Å². The van der Waals surface area contributed by atoms with Gasteiger partial charge in [-0.2, -0.15) is 0 Å². The van der Waals surface area contributed by atoms with Crippen LogP contribution in [-0.2, 0) is 4.79 Å². The molecule has 194 valence electrons. The Labute approximate surface area is 221 Å². The van der Waals surface area contributed by atoms with Crippen LogP contribution in [0.1, 0.15) is 50.1 Å². The Balaban J connectivity index is 1.11. The number of amides is 1. The normalized spacial score (nSPS) is 19.9. The lowest BCUT2D eigenvalue weighted by Crippen LogP contribution is -2.61. The number of nitrogen functional groups attached to an aromatic ring is 1. The highest BCUT2D eigenvalue weighted by Gasteiger charge is 2.56.